The van der Waals surface area contributed by atoms with Crippen molar-refractivity contribution in [3.05, 3.63) is 139 Å². The van der Waals surface area contributed by atoms with Gasteiger partial charge in [-0.3, -0.25) is 9.97 Å². The Hall–Kier alpha value is -4.33. The molecule has 0 aliphatic rings. The molecule has 0 saturated heterocycles. The summed E-state index contributed by atoms with van der Waals surface area (Å²) in [7, 11) is 0. The Morgan fingerprint density at radius 2 is 1.17 bits per heavy atom. The summed E-state index contributed by atoms with van der Waals surface area (Å²) in [6.07, 6.45) is 1.87. The molecule has 0 fully saturated rings. The Labute approximate surface area is 262 Å². The first-order chi connectivity index (χ1) is 19.9. The summed E-state index contributed by atoms with van der Waals surface area (Å²) in [5, 5.41) is 10.7. The predicted molar refractivity (Wildman–Crippen MR) is 168 cm³/mol. The van der Waals surface area contributed by atoms with E-state index in [0.717, 1.165) is 44.8 Å². The number of benzene rings is 4. The van der Waals surface area contributed by atoms with Crippen LogP contribution in [0.15, 0.2) is 128 Å². The van der Waals surface area contributed by atoms with Crippen LogP contribution in [-0.4, -0.2) is 15.1 Å². The second-order valence-electron chi connectivity index (χ2n) is 11.2. The summed E-state index contributed by atoms with van der Waals surface area (Å²) >= 11 is 0. The monoisotopic (exact) mass is 726 g/mol. The van der Waals surface area contributed by atoms with Gasteiger partial charge in [-0.1, -0.05) is 111 Å². The molecule has 0 atom stereocenters. The van der Waals surface area contributed by atoms with Crippen LogP contribution in [0.1, 0.15) is 26.3 Å². The molecular formula is C38H31N2OPt-. The van der Waals surface area contributed by atoms with Crippen molar-refractivity contribution in [2.75, 3.05) is 0 Å². The fraction of sp³-hybridized carbons (Fsp3) is 0.105. The summed E-state index contributed by atoms with van der Waals surface area (Å²) < 4.78 is 0. The summed E-state index contributed by atoms with van der Waals surface area (Å²) in [5.41, 5.74) is 10.4. The van der Waals surface area contributed by atoms with E-state index in [1.54, 1.807) is 6.07 Å². The van der Waals surface area contributed by atoms with E-state index in [-0.39, 0.29) is 32.2 Å². The molecule has 0 unspecified atom stereocenters. The molecule has 6 aromatic rings. The quantitative estimate of drug-likeness (QED) is 0.180. The van der Waals surface area contributed by atoms with Crippen LogP contribution in [0.2, 0.25) is 0 Å². The average Bonchev–Trinajstić information content (AvgIpc) is 3.01. The Bertz CT molecular complexity index is 1840. The van der Waals surface area contributed by atoms with E-state index in [0.29, 0.717) is 11.3 Å². The van der Waals surface area contributed by atoms with E-state index in [9.17, 15) is 5.11 Å². The third kappa shape index (κ3) is 6.12. The van der Waals surface area contributed by atoms with Gasteiger partial charge in [0.05, 0.1) is 5.69 Å². The molecule has 0 amide bonds. The van der Waals surface area contributed by atoms with E-state index < -0.39 is 0 Å². The summed E-state index contributed by atoms with van der Waals surface area (Å²) in [4.78, 5) is 9.70. The van der Waals surface area contributed by atoms with Crippen molar-refractivity contribution in [2.45, 2.75) is 26.2 Å². The SMILES string of the molecule is CC(C)(C)c1ccnc(-c2[c-]c(-c3cc(-c4ccccc4-c4ccccc4)cc(-c4ccccc4O)n3)ccc2)c1.[Pt]. The first-order valence-corrected chi connectivity index (χ1v) is 13.8. The van der Waals surface area contributed by atoms with E-state index in [2.05, 4.69) is 105 Å². The number of aromatic nitrogens is 2. The number of hydrogen-bond acceptors (Lipinski definition) is 3. The maximum Gasteiger partial charge on any atom is 0.124 e. The zero-order valence-corrected chi connectivity index (χ0v) is 26.1. The minimum atomic E-state index is 0. The van der Waals surface area contributed by atoms with Gasteiger partial charge < -0.3 is 5.11 Å². The molecule has 210 valence electrons. The number of aromatic hydroxyl groups is 1. The average molecular weight is 727 g/mol. The molecule has 1 N–H and O–H groups in total. The first kappa shape index (κ1) is 29.2. The van der Waals surface area contributed by atoms with Crippen LogP contribution < -0.4 is 0 Å². The van der Waals surface area contributed by atoms with Gasteiger partial charge in [-0.05, 0) is 57.5 Å². The van der Waals surface area contributed by atoms with Gasteiger partial charge >= 0.3 is 0 Å². The Balaban J connectivity index is 0.00000353. The third-order valence-electron chi connectivity index (χ3n) is 7.30. The molecule has 0 aliphatic carbocycles. The Morgan fingerprint density at radius 3 is 1.86 bits per heavy atom. The molecule has 0 aliphatic heterocycles. The van der Waals surface area contributed by atoms with Crippen molar-refractivity contribution in [3.63, 3.8) is 0 Å². The van der Waals surface area contributed by atoms with Crippen LogP contribution in [0.3, 0.4) is 0 Å². The molecule has 2 aromatic heterocycles. The predicted octanol–water partition coefficient (Wildman–Crippen LogP) is 9.61. The van der Waals surface area contributed by atoms with Crippen molar-refractivity contribution < 1.29 is 26.2 Å². The van der Waals surface area contributed by atoms with Gasteiger partial charge in [-0.25, -0.2) is 0 Å². The number of para-hydroxylation sites is 1. The third-order valence-corrected chi connectivity index (χ3v) is 7.30. The summed E-state index contributed by atoms with van der Waals surface area (Å²) in [6, 6.07) is 44.2. The maximum absolute atomic E-state index is 10.7. The smallest absolute Gasteiger partial charge is 0.124 e. The normalized spacial score (nSPS) is 11.1. The number of hydrogen-bond donors (Lipinski definition) is 1. The van der Waals surface area contributed by atoms with Gasteiger partial charge in [-0.2, -0.15) is 0 Å². The molecule has 4 aromatic carbocycles. The summed E-state index contributed by atoms with van der Waals surface area (Å²) in [5.74, 6) is 0.195. The van der Waals surface area contributed by atoms with E-state index in [4.69, 9.17) is 4.98 Å². The fourth-order valence-electron chi connectivity index (χ4n) is 5.07. The largest absolute Gasteiger partial charge is 0.507 e. The zero-order valence-electron chi connectivity index (χ0n) is 23.8. The van der Waals surface area contributed by atoms with Crippen LogP contribution in [-0.2, 0) is 26.5 Å². The molecule has 0 spiro atoms. The summed E-state index contributed by atoms with van der Waals surface area (Å²) in [6.45, 7) is 6.61. The van der Waals surface area contributed by atoms with Gasteiger partial charge in [-0.15, -0.1) is 24.3 Å². The number of phenols is 1. The fourth-order valence-corrected chi connectivity index (χ4v) is 5.07. The topological polar surface area (TPSA) is 46.0 Å². The zero-order chi connectivity index (χ0) is 28.4. The van der Waals surface area contributed by atoms with Crippen LogP contribution in [0.25, 0.3) is 56.0 Å². The van der Waals surface area contributed by atoms with Crippen molar-refractivity contribution in [3.8, 4) is 61.8 Å². The van der Waals surface area contributed by atoms with E-state index >= 15 is 0 Å². The Morgan fingerprint density at radius 1 is 0.571 bits per heavy atom. The van der Waals surface area contributed by atoms with Crippen LogP contribution in [0.5, 0.6) is 5.75 Å². The van der Waals surface area contributed by atoms with E-state index in [1.165, 1.54) is 5.56 Å². The second-order valence-corrected chi connectivity index (χ2v) is 11.2. The van der Waals surface area contributed by atoms with Crippen molar-refractivity contribution in [1.82, 2.24) is 9.97 Å². The molecular weight excluding hydrogens is 696 g/mol. The minimum absolute atomic E-state index is 0. The molecule has 0 saturated carbocycles. The van der Waals surface area contributed by atoms with Crippen molar-refractivity contribution >= 4 is 0 Å². The van der Waals surface area contributed by atoms with Crippen molar-refractivity contribution in [2.24, 2.45) is 0 Å². The molecule has 0 bridgehead atoms. The van der Waals surface area contributed by atoms with Crippen LogP contribution in [0, 0.1) is 6.07 Å². The molecule has 3 nitrogen and oxygen atoms in total. The van der Waals surface area contributed by atoms with Crippen molar-refractivity contribution in [1.29, 1.82) is 0 Å². The molecule has 4 heteroatoms. The number of nitrogens with zero attached hydrogens (tertiary/aromatic N) is 2. The number of pyridine rings is 2. The van der Waals surface area contributed by atoms with Gasteiger partial charge in [0.25, 0.3) is 0 Å². The number of rotatable bonds is 5. The maximum atomic E-state index is 10.7. The van der Waals surface area contributed by atoms with Gasteiger partial charge in [0.1, 0.15) is 5.75 Å². The Kier molecular flexibility index (Phi) is 8.52. The molecule has 42 heavy (non-hydrogen) atoms. The standard InChI is InChI=1S/C38H31N2O.Pt/c1-38(2,3)30-20-21-39-34(25-30)27-14-11-15-28(22-27)35-23-29(24-36(40-35)33-18-9-10-19-37(33)41)32-17-8-7-16-31(32)26-12-5-4-6-13-26;/h4-21,23-25,41H,1-3H3;/q-1;. The van der Waals surface area contributed by atoms with Gasteiger partial charge in [0, 0.05) is 44.2 Å². The first-order valence-electron chi connectivity index (χ1n) is 13.8. The van der Waals surface area contributed by atoms with Crippen LogP contribution in [0.4, 0.5) is 0 Å². The molecule has 0 radical (unpaired) electrons. The molecule has 6 rings (SSSR count). The number of phenolic OH excluding ortho intramolecular Hbond substituents is 1. The van der Waals surface area contributed by atoms with Gasteiger partial charge in [0.2, 0.25) is 0 Å². The van der Waals surface area contributed by atoms with Gasteiger partial charge in [0.15, 0.2) is 0 Å². The van der Waals surface area contributed by atoms with Crippen LogP contribution >= 0.6 is 0 Å². The van der Waals surface area contributed by atoms with E-state index in [1.807, 2.05) is 48.7 Å². The molecule has 2 heterocycles. The minimum Gasteiger partial charge on any atom is -0.507 e. The second kappa shape index (κ2) is 12.3.